The van der Waals surface area contributed by atoms with E-state index in [-0.39, 0.29) is 11.8 Å². The highest BCUT2D eigenvalue weighted by molar-refractivity contribution is 5.94. The highest BCUT2D eigenvalue weighted by Gasteiger charge is 2.28. The molecule has 6 heteroatoms. The highest BCUT2D eigenvalue weighted by Crippen LogP contribution is 2.33. The molecule has 1 saturated heterocycles. The van der Waals surface area contributed by atoms with Gasteiger partial charge in [0.1, 0.15) is 5.82 Å². The molecule has 1 amide bonds. The lowest BCUT2D eigenvalue weighted by molar-refractivity contribution is 0.0706. The first-order valence-corrected chi connectivity index (χ1v) is 9.15. The number of amides is 1. The third-order valence-electron chi connectivity index (χ3n) is 4.95. The average Bonchev–Trinajstić information content (AvgIpc) is 2.74. The van der Waals surface area contributed by atoms with Gasteiger partial charge in [0.05, 0.1) is 5.69 Å². The molecule has 6 nitrogen and oxygen atoms in total. The van der Waals surface area contributed by atoms with Gasteiger partial charge in [-0.25, -0.2) is 9.97 Å². The third kappa shape index (κ3) is 3.69. The Labute approximate surface area is 158 Å². The van der Waals surface area contributed by atoms with Crippen molar-refractivity contribution in [1.29, 1.82) is 0 Å². The largest absolute Gasteiger partial charge is 0.338 e. The molecule has 1 unspecified atom stereocenters. The van der Waals surface area contributed by atoms with Crippen molar-refractivity contribution in [3.8, 4) is 11.1 Å². The number of carbonyl (C=O) groups is 1. The first kappa shape index (κ1) is 17.3. The molecule has 3 aromatic heterocycles. The lowest BCUT2D eigenvalue weighted by Crippen LogP contribution is -2.39. The molecule has 0 aromatic carbocycles. The molecule has 1 aliphatic heterocycles. The van der Waals surface area contributed by atoms with E-state index in [0.717, 1.165) is 42.0 Å². The van der Waals surface area contributed by atoms with Gasteiger partial charge in [0.2, 0.25) is 0 Å². The predicted octanol–water partition coefficient (Wildman–Crippen LogP) is 3.26. The smallest absolute Gasteiger partial charge is 0.253 e. The van der Waals surface area contributed by atoms with Crippen molar-refractivity contribution in [2.24, 2.45) is 0 Å². The maximum absolute atomic E-state index is 12.9. The number of piperidine rings is 1. The minimum absolute atomic E-state index is 0.0540. The van der Waals surface area contributed by atoms with E-state index in [1.54, 1.807) is 36.9 Å². The van der Waals surface area contributed by atoms with E-state index in [2.05, 4.69) is 15.0 Å². The number of aromatic nitrogens is 4. The van der Waals surface area contributed by atoms with E-state index in [1.807, 2.05) is 30.2 Å². The second-order valence-corrected chi connectivity index (χ2v) is 6.78. The van der Waals surface area contributed by atoms with Crippen molar-refractivity contribution in [1.82, 2.24) is 24.8 Å². The number of pyridine rings is 2. The first-order chi connectivity index (χ1) is 13.2. The van der Waals surface area contributed by atoms with Crippen LogP contribution in [0.5, 0.6) is 0 Å². The zero-order valence-electron chi connectivity index (χ0n) is 15.2. The molecule has 1 aliphatic rings. The van der Waals surface area contributed by atoms with Crippen molar-refractivity contribution in [2.45, 2.75) is 25.7 Å². The molecule has 136 valence electrons. The fraction of sp³-hybridized carbons (Fsp3) is 0.286. The van der Waals surface area contributed by atoms with Gasteiger partial charge in [-0.05, 0) is 49.6 Å². The SMILES string of the molecule is Cc1ncc(-c2ccncc2)c(C2CCCN(C(=O)c3ccncc3)C2)n1. The van der Waals surface area contributed by atoms with Crippen LogP contribution in [0.15, 0.2) is 55.2 Å². The summed E-state index contributed by atoms with van der Waals surface area (Å²) < 4.78 is 0. The van der Waals surface area contributed by atoms with Crippen molar-refractivity contribution in [2.75, 3.05) is 13.1 Å². The van der Waals surface area contributed by atoms with Crippen molar-refractivity contribution in [3.63, 3.8) is 0 Å². The number of carbonyl (C=O) groups excluding carboxylic acids is 1. The quantitative estimate of drug-likeness (QED) is 0.718. The van der Waals surface area contributed by atoms with Crippen LogP contribution in [0.1, 0.15) is 40.6 Å². The Kier molecular flexibility index (Phi) is 4.87. The van der Waals surface area contributed by atoms with Crippen molar-refractivity contribution < 1.29 is 4.79 Å². The Hall–Kier alpha value is -3.15. The maximum atomic E-state index is 12.9. The van der Waals surface area contributed by atoms with E-state index in [0.29, 0.717) is 12.1 Å². The van der Waals surface area contributed by atoms with Gasteiger partial charge in [0.25, 0.3) is 5.91 Å². The van der Waals surface area contributed by atoms with Crippen LogP contribution in [0.2, 0.25) is 0 Å². The highest BCUT2D eigenvalue weighted by atomic mass is 16.2. The minimum atomic E-state index is 0.0540. The van der Waals surface area contributed by atoms with Gasteiger partial charge in [-0.2, -0.15) is 0 Å². The number of aryl methyl sites for hydroxylation is 1. The summed E-state index contributed by atoms with van der Waals surface area (Å²) in [6, 6.07) is 7.48. The first-order valence-electron chi connectivity index (χ1n) is 9.15. The molecule has 3 aromatic rings. The van der Waals surface area contributed by atoms with Gasteiger partial charge in [0, 0.05) is 61.1 Å². The standard InChI is InChI=1S/C21H21N5O/c1-15-24-13-19(16-4-8-22-9-5-16)20(25-15)18-3-2-12-26(14-18)21(27)17-6-10-23-11-7-17/h4-11,13,18H,2-3,12,14H2,1H3. The molecule has 0 spiro atoms. The monoisotopic (exact) mass is 359 g/mol. The predicted molar refractivity (Wildman–Crippen MR) is 102 cm³/mol. The summed E-state index contributed by atoms with van der Waals surface area (Å²) in [6.07, 6.45) is 10.7. The number of nitrogens with zero attached hydrogens (tertiary/aromatic N) is 5. The Morgan fingerprint density at radius 3 is 2.52 bits per heavy atom. The molecule has 4 rings (SSSR count). The van der Waals surface area contributed by atoms with Crippen LogP contribution in [0.4, 0.5) is 0 Å². The van der Waals surface area contributed by atoms with Gasteiger partial charge < -0.3 is 4.90 Å². The molecule has 27 heavy (non-hydrogen) atoms. The molecule has 1 atom stereocenters. The summed E-state index contributed by atoms with van der Waals surface area (Å²) in [5.41, 5.74) is 3.77. The fourth-order valence-corrected chi connectivity index (χ4v) is 3.61. The van der Waals surface area contributed by atoms with E-state index in [9.17, 15) is 4.79 Å². The average molecular weight is 359 g/mol. The number of hydrogen-bond acceptors (Lipinski definition) is 5. The molecule has 4 heterocycles. The number of rotatable bonds is 3. The zero-order valence-corrected chi connectivity index (χ0v) is 15.2. The fourth-order valence-electron chi connectivity index (χ4n) is 3.61. The Morgan fingerprint density at radius 1 is 1.07 bits per heavy atom. The molecule has 0 bridgehead atoms. The van der Waals surface area contributed by atoms with E-state index >= 15 is 0 Å². The molecule has 0 saturated carbocycles. The second-order valence-electron chi connectivity index (χ2n) is 6.78. The Morgan fingerprint density at radius 2 is 1.78 bits per heavy atom. The van der Waals surface area contributed by atoms with Crippen LogP contribution in [0.3, 0.4) is 0 Å². The number of hydrogen-bond donors (Lipinski definition) is 0. The van der Waals surface area contributed by atoms with E-state index in [4.69, 9.17) is 4.98 Å². The Bertz CT molecular complexity index is 930. The topological polar surface area (TPSA) is 71.9 Å². The maximum Gasteiger partial charge on any atom is 0.253 e. The lowest BCUT2D eigenvalue weighted by atomic mass is 9.90. The van der Waals surface area contributed by atoms with Gasteiger partial charge in [0.15, 0.2) is 0 Å². The molecular weight excluding hydrogens is 338 g/mol. The van der Waals surface area contributed by atoms with Crippen LogP contribution in [0, 0.1) is 6.92 Å². The van der Waals surface area contributed by atoms with Crippen LogP contribution in [-0.2, 0) is 0 Å². The zero-order chi connectivity index (χ0) is 18.6. The van der Waals surface area contributed by atoms with Crippen LogP contribution >= 0.6 is 0 Å². The summed E-state index contributed by atoms with van der Waals surface area (Å²) in [6.45, 7) is 3.34. The summed E-state index contributed by atoms with van der Waals surface area (Å²) in [7, 11) is 0. The molecular formula is C21H21N5O. The van der Waals surface area contributed by atoms with Crippen LogP contribution in [0.25, 0.3) is 11.1 Å². The van der Waals surface area contributed by atoms with E-state index in [1.165, 1.54) is 0 Å². The van der Waals surface area contributed by atoms with Crippen LogP contribution < -0.4 is 0 Å². The van der Waals surface area contributed by atoms with Crippen LogP contribution in [-0.4, -0.2) is 43.8 Å². The molecule has 0 aliphatic carbocycles. The van der Waals surface area contributed by atoms with Gasteiger partial charge in [-0.1, -0.05) is 0 Å². The summed E-state index contributed by atoms with van der Waals surface area (Å²) in [5.74, 6) is 0.994. The third-order valence-corrected chi connectivity index (χ3v) is 4.95. The van der Waals surface area contributed by atoms with Crippen molar-refractivity contribution in [3.05, 3.63) is 72.3 Å². The second kappa shape index (κ2) is 7.61. The molecule has 1 fully saturated rings. The van der Waals surface area contributed by atoms with Gasteiger partial charge >= 0.3 is 0 Å². The normalized spacial score (nSPS) is 16.9. The van der Waals surface area contributed by atoms with Gasteiger partial charge in [-0.15, -0.1) is 0 Å². The van der Waals surface area contributed by atoms with Gasteiger partial charge in [-0.3, -0.25) is 14.8 Å². The number of likely N-dealkylation sites (tertiary alicyclic amines) is 1. The molecule has 0 N–H and O–H groups in total. The Balaban J connectivity index is 1.64. The summed E-state index contributed by atoms with van der Waals surface area (Å²) >= 11 is 0. The minimum Gasteiger partial charge on any atom is -0.338 e. The van der Waals surface area contributed by atoms with Crippen molar-refractivity contribution >= 4 is 5.91 Å². The van der Waals surface area contributed by atoms with E-state index < -0.39 is 0 Å². The summed E-state index contributed by atoms with van der Waals surface area (Å²) in [4.78, 5) is 32.0. The summed E-state index contributed by atoms with van der Waals surface area (Å²) in [5, 5.41) is 0. The molecule has 0 radical (unpaired) electrons. The lowest BCUT2D eigenvalue weighted by Gasteiger charge is -2.33.